The van der Waals surface area contributed by atoms with Gasteiger partial charge in [0.2, 0.25) is 0 Å². The summed E-state index contributed by atoms with van der Waals surface area (Å²) in [4.78, 5) is 16.1. The van der Waals surface area contributed by atoms with Crippen LogP contribution in [0.25, 0.3) is 0 Å². The lowest BCUT2D eigenvalue weighted by Gasteiger charge is -2.34. The van der Waals surface area contributed by atoms with Crippen LogP contribution in [0.1, 0.15) is 12.8 Å². The number of carbonyl (C=O) groups is 1. The summed E-state index contributed by atoms with van der Waals surface area (Å²) >= 11 is 6.31. The van der Waals surface area contributed by atoms with Crippen LogP contribution < -0.4 is 10.2 Å². The fourth-order valence-electron chi connectivity index (χ4n) is 2.80. The third kappa shape index (κ3) is 4.80. The van der Waals surface area contributed by atoms with Crippen LogP contribution in [-0.2, 0) is 20.3 Å². The largest absolute Gasteiger partial charge is 0.465 e. The van der Waals surface area contributed by atoms with Crippen molar-refractivity contribution in [1.29, 1.82) is 0 Å². The third-order valence-electron chi connectivity index (χ3n) is 4.66. The Morgan fingerprint density at radius 3 is 2.59 bits per heavy atom. The number of rotatable bonds is 6. The van der Waals surface area contributed by atoms with Crippen LogP contribution in [0.5, 0.6) is 0 Å². The van der Waals surface area contributed by atoms with E-state index in [0.717, 1.165) is 32.0 Å². The van der Waals surface area contributed by atoms with E-state index in [1.165, 1.54) is 19.4 Å². The second kappa shape index (κ2) is 8.58. The van der Waals surface area contributed by atoms with Crippen molar-refractivity contribution in [2.24, 2.45) is 0 Å². The van der Waals surface area contributed by atoms with E-state index in [4.69, 9.17) is 16.3 Å². The highest BCUT2D eigenvalue weighted by molar-refractivity contribution is 7.90. The van der Waals surface area contributed by atoms with Crippen LogP contribution in [0.4, 0.5) is 10.1 Å². The topological polar surface area (TPSA) is 61.9 Å². The molecule has 6 nitrogen and oxygen atoms in total. The molecule has 148 valence electrons. The fourth-order valence-corrected chi connectivity index (χ4v) is 4.26. The standard InChI is InChI=1S/C18H23ClFN3O3S/c1-22-5-7-23(8-6-22)15-9-13(19)16(10-14(15)20)27(25)17(18(24)26-2)11-21-12-3-4-12/h9-12,21H,3-8H2,1-2H3/b17-11+. The molecule has 9 heteroatoms. The van der Waals surface area contributed by atoms with Gasteiger partial charge in [-0.05, 0) is 32.0 Å². The van der Waals surface area contributed by atoms with Crippen LogP contribution in [0.15, 0.2) is 28.1 Å². The minimum Gasteiger partial charge on any atom is -0.465 e. The van der Waals surface area contributed by atoms with E-state index in [-0.39, 0.29) is 20.9 Å². The average molecular weight is 416 g/mol. The number of carbonyl (C=O) groups excluding carboxylic acids is 1. The number of ether oxygens (including phenoxy) is 1. The Kier molecular flexibility index (Phi) is 6.39. The molecule has 2 aliphatic rings. The van der Waals surface area contributed by atoms with Gasteiger partial charge in [-0.15, -0.1) is 0 Å². The predicted octanol–water partition coefficient (Wildman–Crippen LogP) is 2.10. The van der Waals surface area contributed by atoms with Gasteiger partial charge in [-0.1, -0.05) is 11.6 Å². The van der Waals surface area contributed by atoms with Crippen molar-refractivity contribution in [1.82, 2.24) is 10.2 Å². The van der Waals surface area contributed by atoms with Crippen molar-refractivity contribution in [3.8, 4) is 0 Å². The molecule has 1 atom stereocenters. The van der Waals surface area contributed by atoms with Gasteiger partial charge in [-0.25, -0.2) is 13.4 Å². The Morgan fingerprint density at radius 1 is 1.33 bits per heavy atom. The van der Waals surface area contributed by atoms with Gasteiger partial charge in [0.1, 0.15) is 10.7 Å². The van der Waals surface area contributed by atoms with Crippen LogP contribution in [0.3, 0.4) is 0 Å². The molecule has 1 heterocycles. The van der Waals surface area contributed by atoms with Crippen molar-refractivity contribution >= 4 is 34.1 Å². The Bertz CT molecular complexity index is 777. The van der Waals surface area contributed by atoms with Gasteiger partial charge in [0.25, 0.3) is 0 Å². The van der Waals surface area contributed by atoms with Gasteiger partial charge < -0.3 is 19.9 Å². The van der Waals surface area contributed by atoms with Crippen LogP contribution in [-0.4, -0.2) is 61.5 Å². The normalized spacial score (nSPS) is 19.7. The zero-order valence-corrected chi connectivity index (χ0v) is 16.9. The van der Waals surface area contributed by atoms with Crippen molar-refractivity contribution in [2.75, 3.05) is 45.2 Å². The minimum atomic E-state index is -1.96. The maximum atomic E-state index is 14.7. The Labute approximate surface area is 165 Å². The van der Waals surface area contributed by atoms with Gasteiger partial charge in [-0.3, -0.25) is 0 Å². The number of piperazine rings is 1. The maximum Gasteiger partial charge on any atom is 0.348 e. The van der Waals surface area contributed by atoms with Gasteiger partial charge in [0.05, 0.1) is 33.5 Å². The SMILES string of the molecule is COC(=O)/C(=C\NC1CC1)S(=O)c1cc(F)c(N2CCN(C)CC2)cc1Cl. The van der Waals surface area contributed by atoms with E-state index in [1.807, 2.05) is 11.9 Å². The van der Waals surface area contributed by atoms with Crippen LogP contribution in [0, 0.1) is 5.82 Å². The Hall–Kier alpha value is -1.64. The number of halogens is 2. The molecule has 1 aliphatic heterocycles. The van der Waals surface area contributed by atoms with Crippen molar-refractivity contribution in [2.45, 2.75) is 23.8 Å². The first-order chi connectivity index (χ1) is 12.9. The Morgan fingerprint density at radius 2 is 2.00 bits per heavy atom. The molecule has 0 bridgehead atoms. The van der Waals surface area contributed by atoms with Crippen molar-refractivity contribution < 1.29 is 18.1 Å². The molecule has 0 aromatic heterocycles. The molecule has 1 aromatic carbocycles. The van der Waals surface area contributed by atoms with Crippen LogP contribution in [0.2, 0.25) is 5.02 Å². The molecule has 1 unspecified atom stereocenters. The minimum absolute atomic E-state index is 0.0568. The summed E-state index contributed by atoms with van der Waals surface area (Å²) in [6.45, 7) is 3.02. The lowest BCUT2D eigenvalue weighted by atomic mass is 10.2. The third-order valence-corrected chi connectivity index (χ3v) is 6.50. The van der Waals surface area contributed by atoms with E-state index in [0.29, 0.717) is 18.8 Å². The van der Waals surface area contributed by atoms with E-state index in [2.05, 4.69) is 10.2 Å². The summed E-state index contributed by atoms with van der Waals surface area (Å²) < 4.78 is 32.4. The average Bonchev–Trinajstić information content (AvgIpc) is 3.48. The summed E-state index contributed by atoms with van der Waals surface area (Å²) in [5.41, 5.74) is 0.383. The first-order valence-electron chi connectivity index (χ1n) is 8.79. The van der Waals surface area contributed by atoms with E-state index < -0.39 is 22.6 Å². The lowest BCUT2D eigenvalue weighted by molar-refractivity contribution is -0.135. The number of likely N-dealkylation sites (N-methyl/N-ethyl adjacent to an activating group) is 1. The molecule has 1 N–H and O–H groups in total. The van der Waals surface area contributed by atoms with Gasteiger partial charge in [0.15, 0.2) is 0 Å². The number of benzene rings is 1. The van der Waals surface area contributed by atoms with E-state index in [1.54, 1.807) is 0 Å². The van der Waals surface area contributed by atoms with E-state index in [9.17, 15) is 13.4 Å². The van der Waals surface area contributed by atoms with Crippen molar-refractivity contribution in [3.05, 3.63) is 34.1 Å². The number of nitrogens with one attached hydrogen (secondary N) is 1. The second-order valence-corrected chi connectivity index (χ2v) is 8.56. The Balaban J connectivity index is 1.86. The second-order valence-electron chi connectivity index (χ2n) is 6.73. The molecule has 3 rings (SSSR count). The summed E-state index contributed by atoms with van der Waals surface area (Å²) in [5, 5.41) is 3.18. The quantitative estimate of drug-likeness (QED) is 0.567. The van der Waals surface area contributed by atoms with Gasteiger partial charge in [0, 0.05) is 38.4 Å². The zero-order valence-electron chi connectivity index (χ0n) is 15.3. The summed E-state index contributed by atoms with van der Waals surface area (Å²) in [7, 11) is 1.27. The maximum absolute atomic E-state index is 14.7. The molecule has 1 saturated heterocycles. The summed E-state index contributed by atoms with van der Waals surface area (Å²) in [6, 6.07) is 2.91. The molecular weight excluding hydrogens is 393 g/mol. The number of esters is 1. The van der Waals surface area contributed by atoms with Crippen LogP contribution >= 0.6 is 11.6 Å². The molecule has 0 amide bonds. The molecule has 27 heavy (non-hydrogen) atoms. The van der Waals surface area contributed by atoms with Gasteiger partial charge in [-0.2, -0.15) is 0 Å². The first-order valence-corrected chi connectivity index (χ1v) is 10.3. The molecular formula is C18H23ClFN3O3S. The monoisotopic (exact) mass is 415 g/mol. The highest BCUT2D eigenvalue weighted by atomic mass is 35.5. The highest BCUT2D eigenvalue weighted by Gasteiger charge is 2.26. The summed E-state index contributed by atoms with van der Waals surface area (Å²) in [6.07, 6.45) is 3.38. The number of hydrogen-bond donors (Lipinski definition) is 1. The van der Waals surface area contributed by atoms with E-state index >= 15 is 0 Å². The number of nitrogens with zero attached hydrogens (tertiary/aromatic N) is 2. The molecule has 2 fully saturated rings. The fraction of sp³-hybridized carbons (Fsp3) is 0.500. The predicted molar refractivity (Wildman–Crippen MR) is 104 cm³/mol. The number of anilines is 1. The molecule has 1 aliphatic carbocycles. The highest BCUT2D eigenvalue weighted by Crippen LogP contribution is 2.32. The zero-order chi connectivity index (χ0) is 19.6. The number of hydrogen-bond acceptors (Lipinski definition) is 6. The first kappa shape index (κ1) is 20.1. The van der Waals surface area contributed by atoms with Gasteiger partial charge >= 0.3 is 5.97 Å². The van der Waals surface area contributed by atoms with Crippen molar-refractivity contribution in [3.63, 3.8) is 0 Å². The molecule has 0 radical (unpaired) electrons. The smallest absolute Gasteiger partial charge is 0.348 e. The number of methoxy groups -OCH3 is 1. The molecule has 1 saturated carbocycles. The lowest BCUT2D eigenvalue weighted by Crippen LogP contribution is -2.44. The summed E-state index contributed by atoms with van der Waals surface area (Å²) in [5.74, 6) is -1.24. The molecule has 1 aromatic rings. The molecule has 0 spiro atoms.